The lowest BCUT2D eigenvalue weighted by Gasteiger charge is -2.18. The highest BCUT2D eigenvalue weighted by molar-refractivity contribution is 5.78. The molecule has 1 aromatic heterocycles. The topological polar surface area (TPSA) is 69.0 Å². The van der Waals surface area contributed by atoms with Crippen LogP contribution in [0.5, 0.6) is 5.75 Å². The Labute approximate surface area is 129 Å². The van der Waals surface area contributed by atoms with Crippen LogP contribution in [0.1, 0.15) is 24.5 Å². The summed E-state index contributed by atoms with van der Waals surface area (Å²) in [6.07, 6.45) is 5.19. The smallest absolute Gasteiger partial charge is 0.224 e. The van der Waals surface area contributed by atoms with Crippen molar-refractivity contribution in [3.05, 3.63) is 42.0 Å². The maximum absolute atomic E-state index is 12.1. The van der Waals surface area contributed by atoms with E-state index in [1.807, 2.05) is 19.1 Å². The average Bonchev–Trinajstić information content (AvgIpc) is 3.05. The lowest BCUT2D eigenvalue weighted by atomic mass is 10.0. The maximum Gasteiger partial charge on any atom is 0.224 e. The van der Waals surface area contributed by atoms with E-state index < -0.39 is 0 Å². The van der Waals surface area contributed by atoms with Crippen molar-refractivity contribution < 1.29 is 9.53 Å². The number of rotatable bonds is 5. The SMILES string of the molecule is CC(Cn1cncn1)C(=O)NCc1ccc2c(c1)CCCO2. The molecule has 1 N–H and O–H groups in total. The second-order valence-electron chi connectivity index (χ2n) is 5.63. The predicted molar refractivity (Wildman–Crippen MR) is 81.3 cm³/mol. The highest BCUT2D eigenvalue weighted by Gasteiger charge is 2.14. The average molecular weight is 300 g/mol. The van der Waals surface area contributed by atoms with Gasteiger partial charge in [-0.1, -0.05) is 19.1 Å². The molecule has 3 rings (SSSR count). The van der Waals surface area contributed by atoms with Gasteiger partial charge in [-0.05, 0) is 30.0 Å². The molecule has 2 aromatic rings. The first-order valence-corrected chi connectivity index (χ1v) is 7.57. The van der Waals surface area contributed by atoms with Crippen LogP contribution in [0.2, 0.25) is 0 Å². The van der Waals surface area contributed by atoms with E-state index in [-0.39, 0.29) is 11.8 Å². The van der Waals surface area contributed by atoms with Crippen molar-refractivity contribution in [3.63, 3.8) is 0 Å². The number of carbonyl (C=O) groups is 1. The zero-order valence-electron chi connectivity index (χ0n) is 12.7. The molecular formula is C16H20N4O2. The number of carbonyl (C=O) groups excluding carboxylic acids is 1. The summed E-state index contributed by atoms with van der Waals surface area (Å²) >= 11 is 0. The summed E-state index contributed by atoms with van der Waals surface area (Å²) in [6.45, 7) is 3.75. The third kappa shape index (κ3) is 3.44. The maximum atomic E-state index is 12.1. The van der Waals surface area contributed by atoms with Gasteiger partial charge in [0, 0.05) is 6.54 Å². The van der Waals surface area contributed by atoms with Gasteiger partial charge in [0.05, 0.1) is 19.1 Å². The first kappa shape index (κ1) is 14.6. The quantitative estimate of drug-likeness (QED) is 0.909. The van der Waals surface area contributed by atoms with Crippen molar-refractivity contribution >= 4 is 5.91 Å². The molecule has 0 saturated heterocycles. The monoisotopic (exact) mass is 300 g/mol. The van der Waals surface area contributed by atoms with Crippen molar-refractivity contribution in [1.29, 1.82) is 0 Å². The molecule has 2 heterocycles. The zero-order chi connectivity index (χ0) is 15.4. The minimum Gasteiger partial charge on any atom is -0.493 e. The lowest BCUT2D eigenvalue weighted by Crippen LogP contribution is -2.31. The summed E-state index contributed by atoms with van der Waals surface area (Å²) in [7, 11) is 0. The highest BCUT2D eigenvalue weighted by Crippen LogP contribution is 2.25. The van der Waals surface area contributed by atoms with E-state index in [2.05, 4.69) is 21.5 Å². The minimum absolute atomic E-state index is 0.0180. The fourth-order valence-electron chi connectivity index (χ4n) is 2.58. The van der Waals surface area contributed by atoms with Gasteiger partial charge in [0.2, 0.25) is 5.91 Å². The van der Waals surface area contributed by atoms with Crippen LogP contribution in [0, 0.1) is 5.92 Å². The van der Waals surface area contributed by atoms with E-state index >= 15 is 0 Å². The van der Waals surface area contributed by atoms with Crippen LogP contribution >= 0.6 is 0 Å². The molecule has 6 heteroatoms. The number of hydrogen-bond donors (Lipinski definition) is 1. The van der Waals surface area contributed by atoms with E-state index in [1.54, 1.807) is 11.0 Å². The Morgan fingerprint density at radius 1 is 1.50 bits per heavy atom. The molecule has 0 radical (unpaired) electrons. The second kappa shape index (κ2) is 6.60. The van der Waals surface area contributed by atoms with Gasteiger partial charge in [-0.3, -0.25) is 9.48 Å². The van der Waals surface area contributed by atoms with Gasteiger partial charge in [0.15, 0.2) is 0 Å². The van der Waals surface area contributed by atoms with E-state index in [4.69, 9.17) is 4.74 Å². The van der Waals surface area contributed by atoms with Crippen LogP contribution in [0.3, 0.4) is 0 Å². The van der Waals surface area contributed by atoms with Crippen LogP contribution in [0.25, 0.3) is 0 Å². The van der Waals surface area contributed by atoms with Gasteiger partial charge in [0.25, 0.3) is 0 Å². The van der Waals surface area contributed by atoms with Crippen LogP contribution < -0.4 is 10.1 Å². The summed E-state index contributed by atoms with van der Waals surface area (Å²) in [5.41, 5.74) is 2.33. The van der Waals surface area contributed by atoms with E-state index in [1.165, 1.54) is 11.9 Å². The third-order valence-corrected chi connectivity index (χ3v) is 3.81. The summed E-state index contributed by atoms with van der Waals surface area (Å²) in [5.74, 6) is 0.841. The van der Waals surface area contributed by atoms with Gasteiger partial charge >= 0.3 is 0 Å². The van der Waals surface area contributed by atoms with Gasteiger partial charge in [0.1, 0.15) is 18.4 Å². The molecule has 1 unspecified atom stereocenters. The summed E-state index contributed by atoms with van der Waals surface area (Å²) in [6, 6.07) is 6.12. The van der Waals surface area contributed by atoms with Gasteiger partial charge in [-0.2, -0.15) is 5.10 Å². The van der Waals surface area contributed by atoms with Crippen molar-refractivity contribution in [1.82, 2.24) is 20.1 Å². The molecule has 1 amide bonds. The van der Waals surface area contributed by atoms with Crippen molar-refractivity contribution in [2.75, 3.05) is 6.61 Å². The standard InChI is InChI=1S/C16H20N4O2/c1-12(9-20-11-17-10-19-20)16(21)18-8-13-4-5-15-14(7-13)3-2-6-22-15/h4-5,7,10-12H,2-3,6,8-9H2,1H3,(H,18,21). The Hall–Kier alpha value is -2.37. The summed E-state index contributed by atoms with van der Waals surface area (Å²) < 4.78 is 7.27. The van der Waals surface area contributed by atoms with Gasteiger partial charge in [-0.15, -0.1) is 0 Å². The van der Waals surface area contributed by atoms with Crippen LogP contribution in [-0.2, 0) is 24.3 Å². The molecule has 1 atom stereocenters. The molecule has 6 nitrogen and oxygen atoms in total. The number of nitrogens with one attached hydrogen (secondary N) is 1. The molecule has 22 heavy (non-hydrogen) atoms. The number of amides is 1. The number of nitrogens with zero attached hydrogens (tertiary/aromatic N) is 3. The van der Waals surface area contributed by atoms with Crippen LogP contribution in [0.4, 0.5) is 0 Å². The van der Waals surface area contributed by atoms with E-state index in [9.17, 15) is 4.79 Å². The second-order valence-corrected chi connectivity index (χ2v) is 5.63. The molecule has 0 saturated carbocycles. The first-order valence-electron chi connectivity index (χ1n) is 7.57. The molecule has 0 fully saturated rings. The minimum atomic E-state index is -0.150. The first-order chi connectivity index (χ1) is 10.7. The van der Waals surface area contributed by atoms with Crippen molar-refractivity contribution in [3.8, 4) is 5.75 Å². The number of aromatic nitrogens is 3. The fraction of sp³-hybridized carbons (Fsp3) is 0.438. The molecule has 0 spiro atoms. The molecular weight excluding hydrogens is 280 g/mol. The normalized spacial score (nSPS) is 14.8. The number of fused-ring (bicyclic) bond motifs is 1. The number of benzene rings is 1. The van der Waals surface area contributed by atoms with Crippen LogP contribution in [-0.4, -0.2) is 27.3 Å². The number of ether oxygens (including phenoxy) is 1. The molecule has 1 aliphatic heterocycles. The van der Waals surface area contributed by atoms with Crippen molar-refractivity contribution in [2.45, 2.75) is 32.9 Å². The Balaban J connectivity index is 1.54. The van der Waals surface area contributed by atoms with Gasteiger partial charge in [-0.25, -0.2) is 4.98 Å². The molecule has 116 valence electrons. The van der Waals surface area contributed by atoms with Crippen LogP contribution in [0.15, 0.2) is 30.9 Å². The fourth-order valence-corrected chi connectivity index (χ4v) is 2.58. The molecule has 0 aliphatic carbocycles. The zero-order valence-corrected chi connectivity index (χ0v) is 12.7. The van der Waals surface area contributed by atoms with Gasteiger partial charge < -0.3 is 10.1 Å². The Kier molecular flexibility index (Phi) is 4.37. The predicted octanol–water partition coefficient (Wildman–Crippen LogP) is 1.56. The van der Waals surface area contributed by atoms with E-state index in [0.717, 1.165) is 30.8 Å². The highest BCUT2D eigenvalue weighted by atomic mass is 16.5. The summed E-state index contributed by atoms with van der Waals surface area (Å²) in [4.78, 5) is 16.0. The molecule has 1 aromatic carbocycles. The molecule has 1 aliphatic rings. The third-order valence-electron chi connectivity index (χ3n) is 3.81. The Bertz CT molecular complexity index is 640. The van der Waals surface area contributed by atoms with Crippen molar-refractivity contribution in [2.24, 2.45) is 5.92 Å². The largest absolute Gasteiger partial charge is 0.493 e. The number of aryl methyl sites for hydroxylation is 1. The van der Waals surface area contributed by atoms with E-state index in [0.29, 0.717) is 13.1 Å². The molecule has 0 bridgehead atoms. The Morgan fingerprint density at radius 3 is 3.23 bits per heavy atom. The summed E-state index contributed by atoms with van der Waals surface area (Å²) in [5, 5.41) is 6.99. The lowest BCUT2D eigenvalue weighted by molar-refractivity contribution is -0.125. The number of hydrogen-bond acceptors (Lipinski definition) is 4. The Morgan fingerprint density at radius 2 is 2.41 bits per heavy atom.